The van der Waals surface area contributed by atoms with E-state index in [2.05, 4.69) is 10.6 Å². The Balaban J connectivity index is 1.80. The summed E-state index contributed by atoms with van der Waals surface area (Å²) in [5.41, 5.74) is 3.54. The number of benzene rings is 3. The molecule has 6 heteroatoms. The number of nitrogens with one attached hydrogen (secondary N) is 2. The Morgan fingerprint density at radius 1 is 1.00 bits per heavy atom. The molecule has 0 heterocycles. The van der Waals surface area contributed by atoms with Gasteiger partial charge in [0.25, 0.3) is 0 Å². The lowest BCUT2D eigenvalue weighted by Crippen LogP contribution is -2.32. The fraction of sp³-hybridized carbons (Fsp3) is 0.167. The second-order valence-electron chi connectivity index (χ2n) is 6.92. The van der Waals surface area contributed by atoms with Crippen LogP contribution in [0, 0.1) is 6.92 Å². The number of aryl methyl sites for hydroxylation is 1. The molecule has 0 aliphatic rings. The number of carbonyl (C=O) groups is 2. The van der Waals surface area contributed by atoms with Gasteiger partial charge in [0.1, 0.15) is 11.8 Å². The van der Waals surface area contributed by atoms with Crippen molar-refractivity contribution in [1.82, 2.24) is 5.32 Å². The van der Waals surface area contributed by atoms with Crippen LogP contribution in [-0.2, 0) is 11.3 Å². The molecule has 0 aliphatic carbocycles. The van der Waals surface area contributed by atoms with Gasteiger partial charge in [-0.15, -0.1) is 0 Å². The molecular formula is C24H24N2O4. The number of anilines is 1. The number of methoxy groups -OCH3 is 1. The number of rotatable bonds is 8. The summed E-state index contributed by atoms with van der Waals surface area (Å²) >= 11 is 0. The van der Waals surface area contributed by atoms with Gasteiger partial charge in [0.15, 0.2) is 0 Å². The van der Waals surface area contributed by atoms with E-state index in [1.165, 1.54) is 0 Å². The fourth-order valence-corrected chi connectivity index (χ4v) is 3.12. The van der Waals surface area contributed by atoms with E-state index in [1.54, 1.807) is 31.4 Å². The molecule has 1 amide bonds. The molecule has 3 aromatic carbocycles. The Hall–Kier alpha value is -3.64. The Labute approximate surface area is 175 Å². The smallest absolute Gasteiger partial charge is 0.335 e. The second-order valence-corrected chi connectivity index (χ2v) is 6.92. The lowest BCUT2D eigenvalue weighted by atomic mass is 10.0. The van der Waals surface area contributed by atoms with Gasteiger partial charge in [-0.05, 0) is 47.9 Å². The highest BCUT2D eigenvalue weighted by atomic mass is 16.5. The lowest BCUT2D eigenvalue weighted by Gasteiger charge is -2.20. The van der Waals surface area contributed by atoms with Gasteiger partial charge < -0.3 is 15.2 Å². The number of carboxylic acid groups (broad SMARTS) is 1. The van der Waals surface area contributed by atoms with Gasteiger partial charge in [0, 0.05) is 6.54 Å². The number of ether oxygens (including phenoxy) is 1. The van der Waals surface area contributed by atoms with Crippen LogP contribution in [0.1, 0.15) is 33.1 Å². The summed E-state index contributed by atoms with van der Waals surface area (Å²) in [6.07, 6.45) is 0. The molecule has 0 saturated heterocycles. The predicted molar refractivity (Wildman–Crippen MR) is 116 cm³/mol. The zero-order valence-electron chi connectivity index (χ0n) is 16.9. The third-order valence-electron chi connectivity index (χ3n) is 4.72. The third kappa shape index (κ3) is 5.24. The van der Waals surface area contributed by atoms with Gasteiger partial charge in [0.2, 0.25) is 5.91 Å². The molecule has 0 spiro atoms. The summed E-state index contributed by atoms with van der Waals surface area (Å²) in [4.78, 5) is 24.2. The molecule has 1 atom stereocenters. The molecule has 0 bridgehead atoms. The highest BCUT2D eigenvalue weighted by Crippen LogP contribution is 2.27. The molecular weight excluding hydrogens is 380 g/mol. The molecule has 30 heavy (non-hydrogen) atoms. The van der Waals surface area contributed by atoms with E-state index in [9.17, 15) is 9.59 Å². The topological polar surface area (TPSA) is 87.7 Å². The SMILES string of the molecule is COc1ccc(C)cc1NC(=O)[C@@H](NCc1ccc(C(=O)O)cc1)c1ccccc1. The van der Waals surface area contributed by atoms with Crippen LogP contribution in [-0.4, -0.2) is 24.1 Å². The van der Waals surface area contributed by atoms with E-state index in [1.807, 2.05) is 55.5 Å². The first kappa shape index (κ1) is 21.1. The maximum atomic E-state index is 13.2. The molecule has 0 aliphatic heterocycles. The van der Waals surface area contributed by atoms with E-state index in [0.29, 0.717) is 18.0 Å². The minimum atomic E-state index is -0.969. The number of amides is 1. The third-order valence-corrected chi connectivity index (χ3v) is 4.72. The maximum Gasteiger partial charge on any atom is 0.335 e. The van der Waals surface area contributed by atoms with Crippen molar-refractivity contribution in [3.63, 3.8) is 0 Å². The first-order chi connectivity index (χ1) is 14.5. The van der Waals surface area contributed by atoms with Gasteiger partial charge in [-0.1, -0.05) is 48.5 Å². The summed E-state index contributed by atoms with van der Waals surface area (Å²) < 4.78 is 5.36. The number of hydrogen-bond acceptors (Lipinski definition) is 4. The summed E-state index contributed by atoms with van der Waals surface area (Å²) in [6, 6.07) is 21.0. The minimum absolute atomic E-state index is 0.216. The van der Waals surface area contributed by atoms with Crippen molar-refractivity contribution >= 4 is 17.6 Å². The van der Waals surface area contributed by atoms with Crippen LogP contribution in [0.4, 0.5) is 5.69 Å². The Morgan fingerprint density at radius 3 is 2.33 bits per heavy atom. The largest absolute Gasteiger partial charge is 0.495 e. The van der Waals surface area contributed by atoms with Crippen LogP contribution in [0.15, 0.2) is 72.8 Å². The first-order valence-electron chi connectivity index (χ1n) is 9.54. The summed E-state index contributed by atoms with van der Waals surface area (Å²) in [6.45, 7) is 2.35. The van der Waals surface area contributed by atoms with Crippen molar-refractivity contribution in [3.05, 3.63) is 95.1 Å². The normalized spacial score (nSPS) is 11.5. The Morgan fingerprint density at radius 2 is 1.70 bits per heavy atom. The quantitative estimate of drug-likeness (QED) is 0.524. The molecule has 6 nitrogen and oxygen atoms in total. The molecule has 0 fully saturated rings. The van der Waals surface area contributed by atoms with Crippen molar-refractivity contribution in [2.45, 2.75) is 19.5 Å². The Kier molecular flexibility index (Phi) is 6.83. The van der Waals surface area contributed by atoms with Crippen molar-refractivity contribution in [2.75, 3.05) is 12.4 Å². The standard InChI is InChI=1S/C24H24N2O4/c1-16-8-13-21(30-2)20(14-16)26-23(27)22(18-6-4-3-5-7-18)25-15-17-9-11-19(12-10-17)24(28)29/h3-14,22,25H,15H2,1-2H3,(H,26,27)(H,28,29)/t22-/m0/s1. The number of carboxylic acids is 1. The van der Waals surface area contributed by atoms with E-state index in [0.717, 1.165) is 16.7 Å². The summed E-state index contributed by atoms with van der Waals surface area (Å²) in [5.74, 6) is -0.597. The van der Waals surface area contributed by atoms with E-state index >= 15 is 0 Å². The highest BCUT2D eigenvalue weighted by Gasteiger charge is 2.21. The lowest BCUT2D eigenvalue weighted by molar-refractivity contribution is -0.118. The van der Waals surface area contributed by atoms with Gasteiger partial charge >= 0.3 is 5.97 Å². The van der Waals surface area contributed by atoms with Crippen LogP contribution in [0.25, 0.3) is 0 Å². The molecule has 0 unspecified atom stereocenters. The van der Waals surface area contributed by atoms with Crippen molar-refractivity contribution < 1.29 is 19.4 Å². The van der Waals surface area contributed by atoms with E-state index in [-0.39, 0.29) is 11.5 Å². The van der Waals surface area contributed by atoms with E-state index in [4.69, 9.17) is 9.84 Å². The summed E-state index contributed by atoms with van der Waals surface area (Å²) in [5, 5.41) is 15.3. The van der Waals surface area contributed by atoms with Crippen molar-refractivity contribution in [3.8, 4) is 5.75 Å². The van der Waals surface area contributed by atoms with Crippen molar-refractivity contribution in [2.24, 2.45) is 0 Å². The zero-order chi connectivity index (χ0) is 21.5. The predicted octanol–water partition coefficient (Wildman–Crippen LogP) is 4.17. The average molecular weight is 404 g/mol. The molecule has 3 rings (SSSR count). The fourth-order valence-electron chi connectivity index (χ4n) is 3.12. The molecule has 3 aromatic rings. The second kappa shape index (κ2) is 9.71. The zero-order valence-corrected chi connectivity index (χ0v) is 16.9. The van der Waals surface area contributed by atoms with Gasteiger partial charge in [-0.2, -0.15) is 0 Å². The van der Waals surface area contributed by atoms with Crippen LogP contribution >= 0.6 is 0 Å². The molecule has 0 aromatic heterocycles. The van der Waals surface area contributed by atoms with Gasteiger partial charge in [-0.25, -0.2) is 4.79 Å². The summed E-state index contributed by atoms with van der Waals surface area (Å²) in [7, 11) is 1.56. The maximum absolute atomic E-state index is 13.2. The average Bonchev–Trinajstić information content (AvgIpc) is 2.75. The number of carbonyl (C=O) groups excluding carboxylic acids is 1. The van der Waals surface area contributed by atoms with Gasteiger partial charge in [0.05, 0.1) is 18.4 Å². The van der Waals surface area contributed by atoms with Gasteiger partial charge in [-0.3, -0.25) is 10.1 Å². The van der Waals surface area contributed by atoms with Crippen LogP contribution < -0.4 is 15.4 Å². The Bertz CT molecular complexity index is 1020. The molecule has 0 radical (unpaired) electrons. The highest BCUT2D eigenvalue weighted by molar-refractivity contribution is 5.96. The minimum Gasteiger partial charge on any atom is -0.495 e. The van der Waals surface area contributed by atoms with Crippen LogP contribution in [0.5, 0.6) is 5.75 Å². The molecule has 154 valence electrons. The van der Waals surface area contributed by atoms with Crippen LogP contribution in [0.3, 0.4) is 0 Å². The number of aromatic carboxylic acids is 1. The van der Waals surface area contributed by atoms with Crippen LogP contribution in [0.2, 0.25) is 0 Å². The molecule has 0 saturated carbocycles. The monoisotopic (exact) mass is 404 g/mol. The van der Waals surface area contributed by atoms with Crippen molar-refractivity contribution in [1.29, 1.82) is 0 Å². The van der Waals surface area contributed by atoms with E-state index < -0.39 is 12.0 Å². The first-order valence-corrected chi connectivity index (χ1v) is 9.54. The molecule has 3 N–H and O–H groups in total. The number of hydrogen-bond donors (Lipinski definition) is 3.